The number of hydrogen-bond acceptors (Lipinski definition) is 7. The van der Waals surface area contributed by atoms with E-state index in [2.05, 4.69) is 5.32 Å². The van der Waals surface area contributed by atoms with E-state index in [0.29, 0.717) is 35.8 Å². The van der Waals surface area contributed by atoms with Crippen LogP contribution in [0.15, 0.2) is 89.7 Å². The predicted octanol–water partition coefficient (Wildman–Crippen LogP) is 4.97. The molecule has 9 heteroatoms. The average Bonchev–Trinajstić information content (AvgIpc) is 3.57. The Balaban J connectivity index is 1.56. The van der Waals surface area contributed by atoms with Crippen LogP contribution in [0.5, 0.6) is 5.88 Å². The van der Waals surface area contributed by atoms with Crippen LogP contribution in [0.4, 0.5) is 0 Å². The van der Waals surface area contributed by atoms with Gasteiger partial charge in [-0.05, 0) is 31.5 Å². The van der Waals surface area contributed by atoms with Gasteiger partial charge in [0.05, 0.1) is 24.1 Å². The molecule has 5 rings (SSSR count). The fraction of sp³-hybridized carbons (Fsp3) is 0.226. The lowest BCUT2D eigenvalue weighted by Gasteiger charge is -2.23. The summed E-state index contributed by atoms with van der Waals surface area (Å²) in [5, 5.41) is 2.58. The summed E-state index contributed by atoms with van der Waals surface area (Å²) < 4.78 is 18.9. The van der Waals surface area contributed by atoms with Crippen molar-refractivity contribution >= 4 is 17.5 Å². The first-order chi connectivity index (χ1) is 19.3. The van der Waals surface area contributed by atoms with E-state index in [0.717, 1.165) is 22.5 Å². The third kappa shape index (κ3) is 6.04. The SMILES string of the molecule is CC(=O)NC(C)(C)C(=O)OCOc1c(Cc2ccco2)nc2c(Cc3ccccc3)nc(-c3ccccc3)cn12. The van der Waals surface area contributed by atoms with Crippen molar-refractivity contribution in [3.05, 3.63) is 108 Å². The number of amides is 1. The molecular formula is C31H30N4O5. The summed E-state index contributed by atoms with van der Waals surface area (Å²) in [5.41, 5.74) is 3.57. The minimum absolute atomic E-state index is 0.336. The Bertz CT molecular complexity index is 1610. The molecule has 40 heavy (non-hydrogen) atoms. The minimum atomic E-state index is -1.21. The van der Waals surface area contributed by atoms with Crippen molar-refractivity contribution in [3.8, 4) is 17.1 Å². The molecule has 204 valence electrons. The minimum Gasteiger partial charge on any atom is -0.469 e. The molecule has 2 aromatic carbocycles. The summed E-state index contributed by atoms with van der Waals surface area (Å²) in [4.78, 5) is 34.1. The molecule has 3 aromatic heterocycles. The van der Waals surface area contributed by atoms with Crippen molar-refractivity contribution in [3.63, 3.8) is 0 Å². The molecule has 1 N–H and O–H groups in total. The fourth-order valence-electron chi connectivity index (χ4n) is 4.45. The number of aromatic nitrogens is 3. The molecule has 1 amide bonds. The van der Waals surface area contributed by atoms with Crippen LogP contribution < -0.4 is 10.1 Å². The number of esters is 1. The molecule has 0 saturated heterocycles. The zero-order valence-electron chi connectivity index (χ0n) is 22.6. The second-order valence-corrected chi connectivity index (χ2v) is 9.91. The first-order valence-electron chi connectivity index (χ1n) is 12.9. The molecule has 0 spiro atoms. The van der Waals surface area contributed by atoms with E-state index in [-0.39, 0.29) is 12.7 Å². The Hall–Kier alpha value is -4.92. The topological polar surface area (TPSA) is 108 Å². The number of carbonyl (C=O) groups is 2. The van der Waals surface area contributed by atoms with Gasteiger partial charge in [0.2, 0.25) is 18.6 Å². The summed E-state index contributed by atoms with van der Waals surface area (Å²) in [5.74, 6) is 0.154. The normalized spacial score (nSPS) is 11.4. The smallest absolute Gasteiger partial charge is 0.334 e. The van der Waals surface area contributed by atoms with Crippen LogP contribution in [0, 0.1) is 0 Å². The van der Waals surface area contributed by atoms with E-state index in [1.807, 2.05) is 83.4 Å². The summed E-state index contributed by atoms with van der Waals surface area (Å²) in [6, 6.07) is 23.6. The second-order valence-electron chi connectivity index (χ2n) is 9.91. The zero-order valence-corrected chi connectivity index (χ0v) is 22.6. The van der Waals surface area contributed by atoms with Crippen LogP contribution >= 0.6 is 0 Å². The molecule has 0 atom stereocenters. The maximum Gasteiger partial charge on any atom is 0.334 e. The van der Waals surface area contributed by atoms with E-state index in [1.54, 1.807) is 20.1 Å². The molecule has 3 heterocycles. The number of furan rings is 1. The third-order valence-corrected chi connectivity index (χ3v) is 6.29. The largest absolute Gasteiger partial charge is 0.469 e. The maximum absolute atomic E-state index is 12.7. The van der Waals surface area contributed by atoms with Crippen molar-refractivity contribution in [1.82, 2.24) is 19.7 Å². The highest BCUT2D eigenvalue weighted by Gasteiger charge is 2.30. The Morgan fingerprint density at radius 2 is 1.65 bits per heavy atom. The van der Waals surface area contributed by atoms with Crippen LogP contribution in [0.3, 0.4) is 0 Å². The van der Waals surface area contributed by atoms with Crippen molar-refractivity contribution in [2.45, 2.75) is 39.2 Å². The number of rotatable bonds is 10. The van der Waals surface area contributed by atoms with Gasteiger partial charge in [-0.2, -0.15) is 0 Å². The Kier molecular flexibility index (Phi) is 7.63. The first kappa shape index (κ1) is 26.7. The quantitative estimate of drug-likeness (QED) is 0.198. The van der Waals surface area contributed by atoms with Crippen LogP contribution in [0.25, 0.3) is 16.9 Å². The molecule has 5 aromatic rings. The van der Waals surface area contributed by atoms with Gasteiger partial charge < -0.3 is 19.2 Å². The number of hydrogen-bond donors (Lipinski definition) is 1. The summed E-state index contributed by atoms with van der Waals surface area (Å²) >= 11 is 0. The lowest BCUT2D eigenvalue weighted by atomic mass is 10.1. The van der Waals surface area contributed by atoms with Gasteiger partial charge in [0.25, 0.3) is 0 Å². The predicted molar refractivity (Wildman–Crippen MR) is 149 cm³/mol. The monoisotopic (exact) mass is 538 g/mol. The van der Waals surface area contributed by atoms with Crippen LogP contribution in [0.2, 0.25) is 0 Å². The van der Waals surface area contributed by atoms with Gasteiger partial charge in [0.15, 0.2) is 5.65 Å². The number of nitrogens with one attached hydrogen (secondary N) is 1. The number of fused-ring (bicyclic) bond motifs is 1. The summed E-state index contributed by atoms with van der Waals surface area (Å²) in [6.45, 7) is 4.11. The lowest BCUT2D eigenvalue weighted by molar-refractivity contribution is -0.158. The number of benzene rings is 2. The van der Waals surface area contributed by atoms with Crippen molar-refractivity contribution in [2.75, 3.05) is 6.79 Å². The molecule has 0 aliphatic heterocycles. The second kappa shape index (κ2) is 11.4. The highest BCUT2D eigenvalue weighted by Crippen LogP contribution is 2.29. The van der Waals surface area contributed by atoms with Crippen LogP contribution in [-0.4, -0.2) is 38.6 Å². The van der Waals surface area contributed by atoms with Gasteiger partial charge >= 0.3 is 5.97 Å². The third-order valence-electron chi connectivity index (χ3n) is 6.29. The lowest BCUT2D eigenvalue weighted by Crippen LogP contribution is -2.50. The van der Waals surface area contributed by atoms with E-state index in [9.17, 15) is 9.59 Å². The Morgan fingerprint density at radius 1 is 0.925 bits per heavy atom. The number of ether oxygens (including phenoxy) is 2. The molecule has 0 saturated carbocycles. The van der Waals surface area contributed by atoms with Gasteiger partial charge in [0.1, 0.15) is 17.0 Å². The van der Waals surface area contributed by atoms with Gasteiger partial charge in [0, 0.05) is 25.1 Å². The standard InChI is InChI=1S/C31H30N4O5/c1-21(36)34-31(2,3)30(37)40-20-39-29-26(18-24-15-10-16-38-24)33-28-25(17-22-11-6-4-7-12-22)32-27(19-35(28)29)23-13-8-5-9-14-23/h4-16,19H,17-18,20H2,1-3H3,(H,34,36). The van der Waals surface area contributed by atoms with Gasteiger partial charge in [-0.25, -0.2) is 14.8 Å². The average molecular weight is 539 g/mol. The molecular weight excluding hydrogens is 508 g/mol. The van der Waals surface area contributed by atoms with Gasteiger partial charge in [-0.15, -0.1) is 0 Å². The molecule has 0 unspecified atom stereocenters. The fourth-order valence-corrected chi connectivity index (χ4v) is 4.45. The van der Waals surface area contributed by atoms with Crippen LogP contribution in [-0.2, 0) is 27.2 Å². The van der Waals surface area contributed by atoms with Crippen molar-refractivity contribution in [1.29, 1.82) is 0 Å². The van der Waals surface area contributed by atoms with E-state index >= 15 is 0 Å². The maximum atomic E-state index is 12.7. The Morgan fingerprint density at radius 3 is 2.33 bits per heavy atom. The molecule has 0 bridgehead atoms. The molecule has 0 aliphatic rings. The first-order valence-corrected chi connectivity index (χ1v) is 12.9. The highest BCUT2D eigenvalue weighted by molar-refractivity contribution is 5.86. The zero-order chi connectivity index (χ0) is 28.1. The van der Waals surface area contributed by atoms with Crippen LogP contribution in [0.1, 0.15) is 43.5 Å². The molecule has 9 nitrogen and oxygen atoms in total. The van der Waals surface area contributed by atoms with E-state index in [1.165, 1.54) is 6.92 Å². The summed E-state index contributed by atoms with van der Waals surface area (Å²) in [6.07, 6.45) is 4.39. The number of imidazole rings is 1. The van der Waals surface area contributed by atoms with Gasteiger partial charge in [-0.3, -0.25) is 9.20 Å². The van der Waals surface area contributed by atoms with E-state index in [4.69, 9.17) is 23.9 Å². The molecule has 0 aliphatic carbocycles. The van der Waals surface area contributed by atoms with Crippen molar-refractivity contribution < 1.29 is 23.5 Å². The van der Waals surface area contributed by atoms with Crippen molar-refractivity contribution in [2.24, 2.45) is 0 Å². The molecule has 0 radical (unpaired) electrons. The summed E-state index contributed by atoms with van der Waals surface area (Å²) in [7, 11) is 0. The number of nitrogens with zero attached hydrogens (tertiary/aromatic N) is 3. The van der Waals surface area contributed by atoms with E-state index < -0.39 is 11.5 Å². The highest BCUT2D eigenvalue weighted by atomic mass is 16.7. The molecule has 0 fully saturated rings. The van der Waals surface area contributed by atoms with Gasteiger partial charge in [-0.1, -0.05) is 60.7 Å². The number of carbonyl (C=O) groups excluding carboxylic acids is 2. The Labute approximate surface area is 231 Å².